The SMILES string of the molecule is Cc1cc2cc(C(=O)N(Cc3ccc(C(F)(F)F)cn3)[C@H](C)[C@H](C)n3cccn3)ccc2nc1N. The van der Waals surface area contributed by atoms with Gasteiger partial charge in [0.05, 0.1) is 35.4 Å². The summed E-state index contributed by atoms with van der Waals surface area (Å²) in [6.07, 6.45) is -0.246. The first kappa shape index (κ1) is 24.2. The van der Waals surface area contributed by atoms with Crippen molar-refractivity contribution in [2.45, 2.75) is 45.6 Å². The maximum atomic E-state index is 13.7. The predicted octanol–water partition coefficient (Wildman–Crippen LogP) is 5.03. The Hall–Kier alpha value is -3.95. The molecule has 0 aliphatic carbocycles. The number of alkyl halides is 3. The van der Waals surface area contributed by atoms with Crippen molar-refractivity contribution in [2.75, 3.05) is 5.73 Å². The summed E-state index contributed by atoms with van der Waals surface area (Å²) in [4.78, 5) is 23.7. The standard InChI is InChI=1S/C25H25F3N6O/c1-15-11-19-12-18(5-8-22(19)32-23(15)29)24(35)33(16(2)17(3)34-10-4-9-31-34)14-21-7-6-20(13-30-21)25(26,27)28/h4-13,16-17H,14H2,1-3H3,(H2,29,32)/t16-,17+/m1/s1. The fourth-order valence-electron chi connectivity index (χ4n) is 3.86. The highest BCUT2D eigenvalue weighted by Gasteiger charge is 2.31. The molecule has 0 spiro atoms. The van der Waals surface area contributed by atoms with E-state index in [1.165, 1.54) is 6.07 Å². The van der Waals surface area contributed by atoms with Crippen molar-refractivity contribution >= 4 is 22.6 Å². The molecular weight excluding hydrogens is 457 g/mol. The molecule has 2 atom stereocenters. The van der Waals surface area contributed by atoms with Crippen molar-refractivity contribution in [3.05, 3.63) is 83.4 Å². The number of pyridine rings is 2. The highest BCUT2D eigenvalue weighted by atomic mass is 19.4. The number of anilines is 1. The minimum absolute atomic E-state index is 0.0286. The monoisotopic (exact) mass is 482 g/mol. The smallest absolute Gasteiger partial charge is 0.383 e. The van der Waals surface area contributed by atoms with E-state index in [0.29, 0.717) is 22.6 Å². The quantitative estimate of drug-likeness (QED) is 0.416. The zero-order chi connectivity index (χ0) is 25.3. The number of nitrogens with zero attached hydrogens (tertiary/aromatic N) is 5. The van der Waals surface area contributed by atoms with Crippen LogP contribution in [0.5, 0.6) is 0 Å². The zero-order valence-electron chi connectivity index (χ0n) is 19.5. The van der Waals surface area contributed by atoms with Crippen LogP contribution in [0.1, 0.15) is 47.1 Å². The van der Waals surface area contributed by atoms with Crippen LogP contribution in [0.3, 0.4) is 0 Å². The summed E-state index contributed by atoms with van der Waals surface area (Å²) < 4.78 is 40.7. The van der Waals surface area contributed by atoms with Crippen molar-refractivity contribution in [1.29, 1.82) is 0 Å². The van der Waals surface area contributed by atoms with Gasteiger partial charge in [0, 0.05) is 29.5 Å². The Morgan fingerprint density at radius 2 is 1.94 bits per heavy atom. The topological polar surface area (TPSA) is 89.9 Å². The molecule has 0 bridgehead atoms. The second kappa shape index (κ2) is 9.36. The van der Waals surface area contributed by atoms with E-state index in [1.807, 2.05) is 26.8 Å². The lowest BCUT2D eigenvalue weighted by Crippen LogP contribution is -2.42. The first-order chi connectivity index (χ1) is 16.5. The van der Waals surface area contributed by atoms with Gasteiger partial charge >= 0.3 is 6.18 Å². The fourth-order valence-corrected chi connectivity index (χ4v) is 3.86. The number of carbonyl (C=O) groups is 1. The van der Waals surface area contributed by atoms with Crippen LogP contribution in [0.4, 0.5) is 19.0 Å². The average molecular weight is 483 g/mol. The number of nitrogens with two attached hydrogens (primary N) is 1. The van der Waals surface area contributed by atoms with E-state index in [4.69, 9.17) is 5.73 Å². The van der Waals surface area contributed by atoms with Crippen LogP contribution in [-0.4, -0.2) is 36.6 Å². The number of hydrogen-bond donors (Lipinski definition) is 1. The predicted molar refractivity (Wildman–Crippen MR) is 126 cm³/mol. The second-order valence-corrected chi connectivity index (χ2v) is 8.53. The molecule has 0 saturated carbocycles. The highest BCUT2D eigenvalue weighted by molar-refractivity contribution is 5.98. The second-order valence-electron chi connectivity index (χ2n) is 8.53. The van der Waals surface area contributed by atoms with Gasteiger partial charge in [-0.3, -0.25) is 14.5 Å². The van der Waals surface area contributed by atoms with Gasteiger partial charge in [0.25, 0.3) is 5.91 Å². The summed E-state index contributed by atoms with van der Waals surface area (Å²) in [5.74, 6) is 0.142. The Kier molecular flexibility index (Phi) is 6.47. The summed E-state index contributed by atoms with van der Waals surface area (Å²) in [6, 6.07) is 10.5. The molecule has 3 heterocycles. The third-order valence-electron chi connectivity index (χ3n) is 6.17. The number of nitrogen functional groups attached to an aromatic ring is 1. The number of halogens is 3. The Morgan fingerprint density at radius 1 is 1.17 bits per heavy atom. The van der Waals surface area contributed by atoms with Gasteiger partial charge in [-0.1, -0.05) is 0 Å². The van der Waals surface area contributed by atoms with Crippen molar-refractivity contribution in [1.82, 2.24) is 24.6 Å². The third-order valence-corrected chi connectivity index (χ3v) is 6.17. The highest BCUT2D eigenvalue weighted by Crippen LogP contribution is 2.29. The molecule has 4 rings (SSSR count). The fraction of sp³-hybridized carbons (Fsp3) is 0.280. The Morgan fingerprint density at radius 3 is 2.57 bits per heavy atom. The van der Waals surface area contributed by atoms with E-state index in [0.717, 1.165) is 23.2 Å². The minimum atomic E-state index is -4.48. The minimum Gasteiger partial charge on any atom is -0.383 e. The number of fused-ring (bicyclic) bond motifs is 1. The Labute approximate surface area is 200 Å². The van der Waals surface area contributed by atoms with E-state index >= 15 is 0 Å². The van der Waals surface area contributed by atoms with E-state index in [9.17, 15) is 18.0 Å². The molecule has 2 N–H and O–H groups in total. The third kappa shape index (κ3) is 5.11. The van der Waals surface area contributed by atoms with Crippen LogP contribution in [-0.2, 0) is 12.7 Å². The van der Waals surface area contributed by atoms with Gasteiger partial charge in [-0.05, 0) is 68.8 Å². The van der Waals surface area contributed by atoms with Crippen molar-refractivity contribution in [3.8, 4) is 0 Å². The summed E-state index contributed by atoms with van der Waals surface area (Å²) in [7, 11) is 0. The molecular formula is C25H25F3N6O. The van der Waals surface area contributed by atoms with Crippen LogP contribution in [0.15, 0.2) is 61.1 Å². The van der Waals surface area contributed by atoms with Gasteiger partial charge in [-0.25, -0.2) is 4.98 Å². The summed E-state index contributed by atoms with van der Waals surface area (Å²) in [5.41, 5.74) is 7.30. The molecule has 0 saturated heterocycles. The molecule has 0 aliphatic heterocycles. The Bertz CT molecular complexity index is 1340. The van der Waals surface area contributed by atoms with E-state index in [-0.39, 0.29) is 24.5 Å². The van der Waals surface area contributed by atoms with Gasteiger partial charge in [0.2, 0.25) is 0 Å². The Balaban J connectivity index is 1.69. The number of hydrogen-bond acceptors (Lipinski definition) is 5. The summed E-state index contributed by atoms with van der Waals surface area (Å²) >= 11 is 0. The zero-order valence-corrected chi connectivity index (χ0v) is 19.5. The molecule has 1 aromatic carbocycles. The molecule has 1 amide bonds. The van der Waals surface area contributed by atoms with E-state index in [2.05, 4.69) is 15.1 Å². The molecule has 4 aromatic rings. The largest absolute Gasteiger partial charge is 0.417 e. The van der Waals surface area contributed by atoms with Gasteiger partial charge < -0.3 is 10.6 Å². The molecule has 10 heteroatoms. The number of benzene rings is 1. The number of rotatable bonds is 6. The summed E-state index contributed by atoms with van der Waals surface area (Å²) in [6.45, 7) is 5.67. The molecule has 182 valence electrons. The molecule has 0 fully saturated rings. The lowest BCUT2D eigenvalue weighted by Gasteiger charge is -2.33. The first-order valence-corrected chi connectivity index (χ1v) is 11.0. The lowest BCUT2D eigenvalue weighted by molar-refractivity contribution is -0.137. The number of carbonyl (C=O) groups excluding carboxylic acids is 1. The number of amides is 1. The van der Waals surface area contributed by atoms with Gasteiger partial charge in [0.15, 0.2) is 0 Å². The van der Waals surface area contributed by atoms with Crippen LogP contribution in [0.25, 0.3) is 10.9 Å². The van der Waals surface area contributed by atoms with Gasteiger partial charge in [0.1, 0.15) is 5.82 Å². The van der Waals surface area contributed by atoms with E-state index in [1.54, 1.807) is 46.2 Å². The van der Waals surface area contributed by atoms with Crippen molar-refractivity contribution in [2.24, 2.45) is 0 Å². The average Bonchev–Trinajstić information content (AvgIpc) is 3.36. The molecule has 0 radical (unpaired) electrons. The summed E-state index contributed by atoms with van der Waals surface area (Å²) in [5, 5.41) is 5.04. The van der Waals surface area contributed by atoms with Crippen LogP contribution < -0.4 is 5.73 Å². The van der Waals surface area contributed by atoms with Crippen molar-refractivity contribution < 1.29 is 18.0 Å². The van der Waals surface area contributed by atoms with Crippen LogP contribution in [0.2, 0.25) is 0 Å². The molecule has 7 nitrogen and oxygen atoms in total. The van der Waals surface area contributed by atoms with Crippen molar-refractivity contribution in [3.63, 3.8) is 0 Å². The first-order valence-electron chi connectivity index (χ1n) is 11.0. The maximum absolute atomic E-state index is 13.7. The van der Waals surface area contributed by atoms with Crippen LogP contribution >= 0.6 is 0 Å². The van der Waals surface area contributed by atoms with Gasteiger partial charge in [-0.2, -0.15) is 18.3 Å². The molecule has 35 heavy (non-hydrogen) atoms. The lowest BCUT2D eigenvalue weighted by atomic mass is 10.0. The molecule has 0 aliphatic rings. The number of aryl methyl sites for hydroxylation is 1. The number of aromatic nitrogens is 4. The van der Waals surface area contributed by atoms with Gasteiger partial charge in [-0.15, -0.1) is 0 Å². The van der Waals surface area contributed by atoms with E-state index < -0.39 is 11.7 Å². The van der Waals surface area contributed by atoms with Crippen LogP contribution in [0, 0.1) is 6.92 Å². The normalized spacial score (nSPS) is 13.5. The molecule has 0 unspecified atom stereocenters. The maximum Gasteiger partial charge on any atom is 0.417 e. The molecule has 3 aromatic heterocycles.